The van der Waals surface area contributed by atoms with Crippen LogP contribution in [0.3, 0.4) is 0 Å². The van der Waals surface area contributed by atoms with Crippen molar-refractivity contribution in [1.82, 2.24) is 34.8 Å². The summed E-state index contributed by atoms with van der Waals surface area (Å²) in [5.74, 6) is 1.45. The zero-order chi connectivity index (χ0) is 24.5. The van der Waals surface area contributed by atoms with Gasteiger partial charge >= 0.3 is 6.09 Å². The van der Waals surface area contributed by atoms with E-state index < -0.39 is 24.3 Å². The number of rotatable bonds is 9. The SMILES string of the molecule is O=C(NCCC1CCC1)O[C@@H]1CC[C@H](c2cc(Nc3nccc4nc(CN5CCC5)cn34)n[nH]2)[C@@H]1F. The van der Waals surface area contributed by atoms with E-state index in [1.165, 1.54) is 25.7 Å². The molecule has 0 radical (unpaired) electrons. The number of aromatic amines is 1. The van der Waals surface area contributed by atoms with Crippen LogP contribution in [0.1, 0.15) is 62.3 Å². The minimum absolute atomic E-state index is 0.402. The van der Waals surface area contributed by atoms with Gasteiger partial charge in [-0.2, -0.15) is 5.10 Å². The number of hydrogen-bond donors (Lipinski definition) is 3. The number of alkyl halides is 1. The fraction of sp³-hybridized carbons (Fsp3) is 0.600. The zero-order valence-corrected chi connectivity index (χ0v) is 20.3. The minimum Gasteiger partial charge on any atom is -0.443 e. The number of fused-ring (bicyclic) bond motifs is 1. The Morgan fingerprint density at radius 3 is 2.89 bits per heavy atom. The summed E-state index contributed by atoms with van der Waals surface area (Å²) < 4.78 is 22.5. The molecule has 3 atom stereocenters. The Morgan fingerprint density at radius 2 is 2.11 bits per heavy atom. The molecule has 11 heteroatoms. The molecule has 1 saturated heterocycles. The van der Waals surface area contributed by atoms with Crippen molar-refractivity contribution < 1.29 is 13.9 Å². The number of aromatic nitrogens is 5. The van der Waals surface area contributed by atoms with Crippen molar-refractivity contribution in [3.8, 4) is 0 Å². The number of carbonyl (C=O) groups is 1. The molecule has 1 aliphatic heterocycles. The van der Waals surface area contributed by atoms with Crippen LogP contribution in [0.25, 0.3) is 5.65 Å². The number of anilines is 2. The predicted octanol–water partition coefficient (Wildman–Crippen LogP) is 3.90. The number of amides is 1. The van der Waals surface area contributed by atoms with Crippen LogP contribution in [-0.4, -0.2) is 67.5 Å². The molecule has 3 N–H and O–H groups in total. The van der Waals surface area contributed by atoms with Gasteiger partial charge in [0.2, 0.25) is 5.95 Å². The number of likely N-dealkylation sites (tertiary alicyclic amines) is 1. The third-order valence-corrected chi connectivity index (χ3v) is 7.81. The Kier molecular flexibility index (Phi) is 6.47. The molecule has 2 saturated carbocycles. The molecular formula is C25H33FN8O2. The van der Waals surface area contributed by atoms with E-state index in [1.807, 2.05) is 16.7 Å². The lowest BCUT2D eigenvalue weighted by Gasteiger charge is -2.29. The van der Waals surface area contributed by atoms with Crippen molar-refractivity contribution in [2.45, 2.75) is 69.7 Å². The average molecular weight is 497 g/mol. The highest BCUT2D eigenvalue weighted by molar-refractivity contribution is 5.67. The van der Waals surface area contributed by atoms with Gasteiger partial charge in [0, 0.05) is 43.2 Å². The highest BCUT2D eigenvalue weighted by Crippen LogP contribution is 2.38. The Balaban J connectivity index is 1.05. The monoisotopic (exact) mass is 496 g/mol. The molecule has 0 bridgehead atoms. The maximum absolute atomic E-state index is 15.2. The number of H-pyrrole nitrogens is 1. The van der Waals surface area contributed by atoms with Gasteiger partial charge in [0.15, 0.2) is 5.82 Å². The van der Waals surface area contributed by atoms with Gasteiger partial charge in [-0.3, -0.25) is 14.4 Å². The van der Waals surface area contributed by atoms with E-state index in [-0.39, 0.29) is 0 Å². The zero-order valence-electron chi connectivity index (χ0n) is 20.3. The van der Waals surface area contributed by atoms with Crippen molar-refractivity contribution in [1.29, 1.82) is 0 Å². The van der Waals surface area contributed by atoms with Crippen molar-refractivity contribution >= 4 is 23.5 Å². The first-order valence-electron chi connectivity index (χ1n) is 13.1. The van der Waals surface area contributed by atoms with Crippen molar-refractivity contribution in [2.24, 2.45) is 5.92 Å². The number of carbonyl (C=O) groups excluding carboxylic acids is 1. The standard InChI is InChI=1S/C25H33FN8O2/c26-23-18(5-6-20(23)36-25(35)28-9-7-16-3-1-4-16)19-13-21(32-31-19)30-24-27-10-8-22-29-17(15-34(22)24)14-33-11-2-12-33/h8,10,13,15-16,18,20,23H,1-7,9,11-12,14H2,(H,28,35)(H2,27,30,31,32)/t18-,20-,23+/m1/s1. The summed E-state index contributed by atoms with van der Waals surface area (Å²) in [7, 11) is 0. The van der Waals surface area contributed by atoms with E-state index in [0.29, 0.717) is 42.8 Å². The minimum atomic E-state index is -1.28. The average Bonchev–Trinajstić information content (AvgIpc) is 3.52. The summed E-state index contributed by atoms with van der Waals surface area (Å²) >= 11 is 0. The van der Waals surface area contributed by atoms with E-state index >= 15 is 4.39 Å². The second-order valence-electron chi connectivity index (χ2n) is 10.3. The maximum Gasteiger partial charge on any atom is 0.407 e. The van der Waals surface area contributed by atoms with Gasteiger partial charge in [0.1, 0.15) is 17.9 Å². The fourth-order valence-electron chi connectivity index (χ4n) is 5.32. The number of imidazole rings is 1. The largest absolute Gasteiger partial charge is 0.443 e. The number of nitrogens with one attached hydrogen (secondary N) is 3. The second kappa shape index (κ2) is 10.0. The lowest BCUT2D eigenvalue weighted by Crippen LogP contribution is -2.36. The number of ether oxygens (including phenoxy) is 1. The Labute approximate surface area is 209 Å². The van der Waals surface area contributed by atoms with Crippen LogP contribution in [0, 0.1) is 5.92 Å². The van der Waals surface area contributed by atoms with Gasteiger partial charge in [-0.1, -0.05) is 19.3 Å². The normalized spacial score (nSPS) is 24.4. The Morgan fingerprint density at radius 1 is 1.22 bits per heavy atom. The summed E-state index contributed by atoms with van der Waals surface area (Å²) in [6, 6.07) is 3.67. The molecule has 3 aliphatic rings. The summed E-state index contributed by atoms with van der Waals surface area (Å²) in [6.07, 6.45) is 8.17. The van der Waals surface area contributed by atoms with Crippen LogP contribution in [-0.2, 0) is 11.3 Å². The topological polar surface area (TPSA) is 112 Å². The van der Waals surface area contributed by atoms with Crippen LogP contribution in [0.2, 0.25) is 0 Å². The second-order valence-corrected chi connectivity index (χ2v) is 10.3. The van der Waals surface area contributed by atoms with Crippen LogP contribution in [0.4, 0.5) is 21.0 Å². The van der Waals surface area contributed by atoms with E-state index in [9.17, 15) is 4.79 Å². The fourth-order valence-corrected chi connectivity index (χ4v) is 5.32. The molecular weight excluding hydrogens is 463 g/mol. The molecule has 3 aromatic rings. The van der Waals surface area contributed by atoms with Gasteiger partial charge in [0.25, 0.3) is 0 Å². The van der Waals surface area contributed by atoms with E-state index in [0.717, 1.165) is 37.4 Å². The van der Waals surface area contributed by atoms with Gasteiger partial charge in [0.05, 0.1) is 5.69 Å². The lowest BCUT2D eigenvalue weighted by atomic mass is 9.83. The molecule has 0 aromatic carbocycles. The number of halogens is 1. The predicted molar refractivity (Wildman–Crippen MR) is 132 cm³/mol. The van der Waals surface area contributed by atoms with Gasteiger partial charge in [-0.05, 0) is 50.8 Å². The first kappa shape index (κ1) is 23.2. The van der Waals surface area contributed by atoms with E-state index in [2.05, 4.69) is 30.7 Å². The molecule has 1 amide bonds. The van der Waals surface area contributed by atoms with Crippen LogP contribution >= 0.6 is 0 Å². The van der Waals surface area contributed by atoms with Crippen molar-refractivity contribution in [2.75, 3.05) is 25.0 Å². The number of hydrogen-bond acceptors (Lipinski definition) is 7. The van der Waals surface area contributed by atoms with Crippen LogP contribution in [0.5, 0.6) is 0 Å². The quantitative estimate of drug-likeness (QED) is 0.412. The van der Waals surface area contributed by atoms with Gasteiger partial charge in [-0.15, -0.1) is 0 Å². The molecule has 192 valence electrons. The number of alkyl carbamates (subject to hydrolysis) is 1. The van der Waals surface area contributed by atoms with Gasteiger partial charge in [-0.25, -0.2) is 19.2 Å². The van der Waals surface area contributed by atoms with Crippen molar-refractivity contribution in [3.63, 3.8) is 0 Å². The van der Waals surface area contributed by atoms with Crippen LogP contribution in [0.15, 0.2) is 24.5 Å². The van der Waals surface area contributed by atoms with Gasteiger partial charge < -0.3 is 15.4 Å². The summed E-state index contributed by atoms with van der Waals surface area (Å²) in [4.78, 5) is 23.6. The molecule has 4 heterocycles. The number of nitrogens with zero attached hydrogens (tertiary/aromatic N) is 5. The first-order valence-corrected chi connectivity index (χ1v) is 13.1. The van der Waals surface area contributed by atoms with E-state index in [4.69, 9.17) is 9.72 Å². The maximum atomic E-state index is 15.2. The third kappa shape index (κ3) is 4.88. The summed E-state index contributed by atoms with van der Waals surface area (Å²) in [5.41, 5.74) is 2.49. The highest BCUT2D eigenvalue weighted by atomic mass is 19.1. The van der Waals surface area contributed by atoms with Crippen LogP contribution < -0.4 is 10.6 Å². The summed E-state index contributed by atoms with van der Waals surface area (Å²) in [6.45, 7) is 3.64. The molecule has 0 spiro atoms. The Hall–Kier alpha value is -3.21. The van der Waals surface area contributed by atoms with Crippen molar-refractivity contribution in [3.05, 3.63) is 35.9 Å². The molecule has 36 heavy (non-hydrogen) atoms. The molecule has 3 aromatic heterocycles. The smallest absolute Gasteiger partial charge is 0.407 e. The van der Waals surface area contributed by atoms with E-state index in [1.54, 1.807) is 12.3 Å². The Bertz CT molecular complexity index is 1200. The molecule has 10 nitrogen and oxygen atoms in total. The summed E-state index contributed by atoms with van der Waals surface area (Å²) in [5, 5.41) is 13.3. The molecule has 3 fully saturated rings. The molecule has 2 aliphatic carbocycles. The third-order valence-electron chi connectivity index (χ3n) is 7.81. The first-order chi connectivity index (χ1) is 17.6. The molecule has 0 unspecified atom stereocenters. The molecule has 6 rings (SSSR count). The lowest BCUT2D eigenvalue weighted by molar-refractivity contribution is 0.0564. The highest BCUT2D eigenvalue weighted by Gasteiger charge is 2.40.